The first-order valence-electron chi connectivity index (χ1n) is 9.08. The summed E-state index contributed by atoms with van der Waals surface area (Å²) in [5.41, 5.74) is 4.21. The minimum absolute atomic E-state index is 0.0885. The van der Waals surface area contributed by atoms with E-state index in [4.69, 9.17) is 4.42 Å². The van der Waals surface area contributed by atoms with Gasteiger partial charge >= 0.3 is 5.63 Å². The number of halogens is 1. The first-order valence-corrected chi connectivity index (χ1v) is 9.96. The zero-order valence-corrected chi connectivity index (χ0v) is 16.5. The number of hydrogen-bond acceptors (Lipinski definition) is 4. The highest BCUT2D eigenvalue weighted by molar-refractivity contribution is 7.10. The van der Waals surface area contributed by atoms with Gasteiger partial charge in [0.25, 0.3) is 0 Å². The van der Waals surface area contributed by atoms with Crippen LogP contribution in [0.15, 0.2) is 69.2 Å². The van der Waals surface area contributed by atoms with Crippen molar-refractivity contribution in [3.63, 3.8) is 0 Å². The van der Waals surface area contributed by atoms with Gasteiger partial charge in [-0.1, -0.05) is 30.3 Å². The average Bonchev–Trinajstić information content (AvgIpc) is 3.21. The van der Waals surface area contributed by atoms with E-state index in [-0.39, 0.29) is 17.5 Å². The van der Waals surface area contributed by atoms with E-state index in [1.54, 1.807) is 29.5 Å². The van der Waals surface area contributed by atoms with Gasteiger partial charge in [-0.3, -0.25) is 0 Å². The van der Waals surface area contributed by atoms with Crippen molar-refractivity contribution in [1.82, 2.24) is 5.32 Å². The van der Waals surface area contributed by atoms with Crippen LogP contribution in [0.25, 0.3) is 11.0 Å². The highest BCUT2D eigenvalue weighted by atomic mass is 32.1. The van der Waals surface area contributed by atoms with E-state index < -0.39 is 0 Å². The van der Waals surface area contributed by atoms with Crippen molar-refractivity contribution in [1.29, 1.82) is 0 Å². The van der Waals surface area contributed by atoms with Crippen LogP contribution in [0.1, 0.15) is 33.2 Å². The van der Waals surface area contributed by atoms with E-state index in [2.05, 4.69) is 11.4 Å². The fourth-order valence-corrected chi connectivity index (χ4v) is 4.20. The van der Waals surface area contributed by atoms with Crippen LogP contribution in [-0.2, 0) is 6.54 Å². The molecular formula is C23H20FNO2S. The van der Waals surface area contributed by atoms with Crippen molar-refractivity contribution >= 4 is 22.3 Å². The van der Waals surface area contributed by atoms with Gasteiger partial charge in [-0.05, 0) is 59.7 Å². The van der Waals surface area contributed by atoms with Crippen molar-refractivity contribution in [3.05, 3.63) is 103 Å². The fraction of sp³-hybridized carbons (Fsp3) is 0.174. The van der Waals surface area contributed by atoms with Crippen molar-refractivity contribution in [2.45, 2.75) is 26.4 Å². The predicted octanol–water partition coefficient (Wildman–Crippen LogP) is 5.49. The van der Waals surface area contributed by atoms with Gasteiger partial charge in [0.15, 0.2) is 0 Å². The summed E-state index contributed by atoms with van der Waals surface area (Å²) < 4.78 is 18.8. The minimum atomic E-state index is -0.354. The van der Waals surface area contributed by atoms with E-state index in [1.165, 1.54) is 12.1 Å². The van der Waals surface area contributed by atoms with Crippen LogP contribution in [0.2, 0.25) is 0 Å². The molecule has 0 radical (unpaired) electrons. The normalized spacial score (nSPS) is 12.4. The third-order valence-corrected chi connectivity index (χ3v) is 5.98. The molecule has 0 spiro atoms. The molecule has 0 saturated heterocycles. The first kappa shape index (κ1) is 18.6. The SMILES string of the molecule is Cc1ccc2c(CNC(c3ccc(F)cc3)c3cccs3)cc(=O)oc2c1C. The second-order valence-electron chi connectivity index (χ2n) is 6.86. The minimum Gasteiger partial charge on any atom is -0.422 e. The number of aryl methyl sites for hydroxylation is 2. The maximum atomic E-state index is 13.4. The molecule has 0 amide bonds. The maximum Gasteiger partial charge on any atom is 0.336 e. The molecule has 2 heterocycles. The molecule has 4 aromatic rings. The number of nitrogens with one attached hydrogen (secondary N) is 1. The predicted molar refractivity (Wildman–Crippen MR) is 111 cm³/mol. The lowest BCUT2D eigenvalue weighted by Crippen LogP contribution is -2.22. The quantitative estimate of drug-likeness (QED) is 0.456. The summed E-state index contributed by atoms with van der Waals surface area (Å²) in [6, 6.07) is 16.1. The molecule has 0 aliphatic heterocycles. The zero-order valence-electron chi connectivity index (χ0n) is 15.7. The molecule has 0 aliphatic rings. The summed E-state index contributed by atoms with van der Waals surface area (Å²) in [5.74, 6) is -0.258. The lowest BCUT2D eigenvalue weighted by Gasteiger charge is -2.19. The van der Waals surface area contributed by atoms with E-state index in [1.807, 2.05) is 37.4 Å². The Bertz CT molecular complexity index is 1160. The van der Waals surface area contributed by atoms with Gasteiger partial charge in [0, 0.05) is 22.9 Å². The van der Waals surface area contributed by atoms with Crippen molar-refractivity contribution in [3.8, 4) is 0 Å². The molecule has 0 aliphatic carbocycles. The molecule has 3 nitrogen and oxygen atoms in total. The van der Waals surface area contributed by atoms with E-state index in [9.17, 15) is 9.18 Å². The summed E-state index contributed by atoms with van der Waals surface area (Å²) in [7, 11) is 0. The second-order valence-corrected chi connectivity index (χ2v) is 7.83. The van der Waals surface area contributed by atoms with Crippen LogP contribution < -0.4 is 10.9 Å². The number of fused-ring (bicyclic) bond motifs is 1. The van der Waals surface area contributed by atoms with Gasteiger partial charge in [0.05, 0.1) is 6.04 Å². The molecule has 1 atom stereocenters. The Morgan fingerprint density at radius 2 is 1.89 bits per heavy atom. The van der Waals surface area contributed by atoms with Crippen LogP contribution in [-0.4, -0.2) is 0 Å². The Morgan fingerprint density at radius 3 is 2.61 bits per heavy atom. The van der Waals surface area contributed by atoms with Crippen molar-refractivity contribution in [2.75, 3.05) is 0 Å². The number of hydrogen-bond donors (Lipinski definition) is 1. The molecule has 1 unspecified atom stereocenters. The van der Waals surface area contributed by atoms with Crippen LogP contribution in [0.4, 0.5) is 4.39 Å². The summed E-state index contributed by atoms with van der Waals surface area (Å²) in [6.07, 6.45) is 0. The Morgan fingerprint density at radius 1 is 1.11 bits per heavy atom. The van der Waals surface area contributed by atoms with Gasteiger partial charge < -0.3 is 9.73 Å². The van der Waals surface area contributed by atoms with Gasteiger partial charge in [-0.25, -0.2) is 9.18 Å². The summed E-state index contributed by atoms with van der Waals surface area (Å²) in [5, 5.41) is 6.48. The Kier molecular flexibility index (Phi) is 5.11. The average molecular weight is 393 g/mol. The first-order chi connectivity index (χ1) is 13.5. The monoisotopic (exact) mass is 393 g/mol. The van der Waals surface area contributed by atoms with Gasteiger partial charge in [-0.15, -0.1) is 11.3 Å². The topological polar surface area (TPSA) is 42.2 Å². The molecule has 1 N–H and O–H groups in total. The van der Waals surface area contributed by atoms with Crippen LogP contribution in [0, 0.1) is 19.7 Å². The molecule has 2 aromatic heterocycles. The fourth-order valence-electron chi connectivity index (χ4n) is 3.38. The highest BCUT2D eigenvalue weighted by Crippen LogP contribution is 2.28. The van der Waals surface area contributed by atoms with Crippen molar-refractivity contribution in [2.24, 2.45) is 0 Å². The van der Waals surface area contributed by atoms with E-state index in [0.717, 1.165) is 32.5 Å². The Hall–Kier alpha value is -2.76. The molecule has 0 bridgehead atoms. The van der Waals surface area contributed by atoms with Crippen LogP contribution >= 0.6 is 11.3 Å². The van der Waals surface area contributed by atoms with E-state index >= 15 is 0 Å². The highest BCUT2D eigenvalue weighted by Gasteiger charge is 2.16. The number of thiophene rings is 1. The molecule has 5 heteroatoms. The molecule has 2 aromatic carbocycles. The zero-order chi connectivity index (χ0) is 19.7. The maximum absolute atomic E-state index is 13.4. The van der Waals surface area contributed by atoms with Crippen molar-refractivity contribution < 1.29 is 8.81 Å². The lowest BCUT2D eigenvalue weighted by atomic mass is 10.0. The van der Waals surface area contributed by atoms with Crippen LogP contribution in [0.5, 0.6) is 0 Å². The Labute approximate surface area is 166 Å². The number of rotatable bonds is 5. The summed E-state index contributed by atoms with van der Waals surface area (Å²) in [6.45, 7) is 4.45. The standard InChI is InChI=1S/C23H20FNO2S/c1-14-5-10-19-17(12-21(26)27-23(19)15(14)2)13-25-22(20-4-3-11-28-20)16-6-8-18(24)9-7-16/h3-12,22,25H,13H2,1-2H3. The summed E-state index contributed by atoms with van der Waals surface area (Å²) in [4.78, 5) is 13.2. The third kappa shape index (κ3) is 3.63. The van der Waals surface area contributed by atoms with Gasteiger partial charge in [0.2, 0.25) is 0 Å². The molecule has 28 heavy (non-hydrogen) atoms. The molecule has 0 fully saturated rings. The molecule has 4 rings (SSSR count). The third-order valence-electron chi connectivity index (χ3n) is 5.05. The van der Waals surface area contributed by atoms with Gasteiger partial charge in [0.1, 0.15) is 11.4 Å². The lowest BCUT2D eigenvalue weighted by molar-refractivity contribution is 0.551. The summed E-state index contributed by atoms with van der Waals surface area (Å²) >= 11 is 1.64. The second kappa shape index (κ2) is 7.70. The smallest absolute Gasteiger partial charge is 0.336 e. The largest absolute Gasteiger partial charge is 0.422 e. The van der Waals surface area contributed by atoms with Gasteiger partial charge in [-0.2, -0.15) is 0 Å². The Balaban J connectivity index is 1.71. The van der Waals surface area contributed by atoms with E-state index in [0.29, 0.717) is 12.1 Å². The molecular weight excluding hydrogens is 373 g/mol. The molecule has 0 saturated carbocycles. The number of benzene rings is 2. The van der Waals surface area contributed by atoms with Crippen LogP contribution in [0.3, 0.4) is 0 Å². The molecule has 142 valence electrons.